The van der Waals surface area contributed by atoms with Crippen LogP contribution in [0.25, 0.3) is 0 Å². The Balaban J connectivity index is 1.94. The summed E-state index contributed by atoms with van der Waals surface area (Å²) >= 11 is 0. The molecule has 0 saturated carbocycles. The average Bonchev–Trinajstić information content (AvgIpc) is 3.01. The fraction of sp³-hybridized carbons (Fsp3) is 0.278. The summed E-state index contributed by atoms with van der Waals surface area (Å²) in [5.41, 5.74) is 2.07. The minimum Gasteiger partial charge on any atom is -0.478 e. The first-order valence-corrected chi connectivity index (χ1v) is 7.73. The number of fused-ring (bicyclic) bond motifs is 1. The van der Waals surface area contributed by atoms with E-state index in [0.717, 1.165) is 11.3 Å². The quantitative estimate of drug-likeness (QED) is 0.806. The molecule has 1 aliphatic rings. The third kappa shape index (κ3) is 2.82. The zero-order chi connectivity index (χ0) is 17.1. The summed E-state index contributed by atoms with van der Waals surface area (Å²) in [5, 5.41) is 0. The van der Waals surface area contributed by atoms with Gasteiger partial charge in [0.15, 0.2) is 0 Å². The summed E-state index contributed by atoms with van der Waals surface area (Å²) in [6, 6.07) is 10.1. The van der Waals surface area contributed by atoms with Crippen molar-refractivity contribution in [1.29, 1.82) is 0 Å². The molecule has 1 aliphatic heterocycles. The van der Waals surface area contributed by atoms with Gasteiger partial charge in [0.1, 0.15) is 6.04 Å². The first kappa shape index (κ1) is 16.0. The summed E-state index contributed by atoms with van der Waals surface area (Å²) in [5.74, 6) is -0.260. The van der Waals surface area contributed by atoms with Crippen molar-refractivity contribution < 1.29 is 19.1 Å². The Morgan fingerprint density at radius 3 is 2.71 bits per heavy atom. The lowest BCUT2D eigenvalue weighted by molar-refractivity contribution is -0.141. The second-order valence-corrected chi connectivity index (χ2v) is 5.37. The second kappa shape index (κ2) is 6.70. The number of hydrogen-bond donors (Lipinski definition) is 0. The van der Waals surface area contributed by atoms with Crippen LogP contribution in [0.5, 0.6) is 5.88 Å². The Morgan fingerprint density at radius 1 is 1.25 bits per heavy atom. The molecule has 0 spiro atoms. The number of carbonyl (C=O) groups is 2. The number of ether oxygens (including phenoxy) is 2. The molecule has 0 fully saturated rings. The van der Waals surface area contributed by atoms with Gasteiger partial charge >= 0.3 is 5.97 Å². The molecular weight excluding hydrogens is 308 g/mol. The molecule has 1 unspecified atom stereocenters. The average molecular weight is 326 g/mol. The number of benzene rings is 1. The number of rotatable bonds is 4. The van der Waals surface area contributed by atoms with E-state index in [1.54, 1.807) is 12.1 Å². The van der Waals surface area contributed by atoms with Crippen molar-refractivity contribution in [2.45, 2.75) is 19.4 Å². The fourth-order valence-electron chi connectivity index (χ4n) is 2.84. The molecule has 0 bridgehead atoms. The number of para-hydroxylation sites is 1. The van der Waals surface area contributed by atoms with Gasteiger partial charge in [-0.3, -0.25) is 9.69 Å². The highest BCUT2D eigenvalue weighted by Gasteiger charge is 2.39. The van der Waals surface area contributed by atoms with Gasteiger partial charge in [0.05, 0.1) is 19.3 Å². The molecule has 2 aromatic rings. The summed E-state index contributed by atoms with van der Waals surface area (Å²) in [6.07, 6.45) is 1.90. The molecule has 0 radical (unpaired) electrons. The van der Waals surface area contributed by atoms with Crippen molar-refractivity contribution >= 4 is 17.6 Å². The van der Waals surface area contributed by atoms with E-state index >= 15 is 0 Å². The normalized spacial score (nSPS) is 15.8. The molecule has 3 rings (SSSR count). The first-order valence-electron chi connectivity index (χ1n) is 7.73. The summed E-state index contributed by atoms with van der Waals surface area (Å²) in [6.45, 7) is 2.37. The van der Waals surface area contributed by atoms with E-state index in [4.69, 9.17) is 9.47 Å². The number of aromatic nitrogens is 1. The highest BCUT2D eigenvalue weighted by molar-refractivity contribution is 6.10. The Bertz CT molecular complexity index is 758. The van der Waals surface area contributed by atoms with Crippen molar-refractivity contribution in [1.82, 2.24) is 4.98 Å². The summed E-state index contributed by atoms with van der Waals surface area (Å²) < 4.78 is 10.2. The lowest BCUT2D eigenvalue weighted by Crippen LogP contribution is -2.43. The number of pyridine rings is 1. The van der Waals surface area contributed by atoms with Crippen LogP contribution in [0.2, 0.25) is 0 Å². The van der Waals surface area contributed by atoms with Crippen molar-refractivity contribution in [2.24, 2.45) is 0 Å². The highest BCUT2D eigenvalue weighted by atomic mass is 16.5. The molecule has 1 atom stereocenters. The molecular formula is C18H18N2O4. The summed E-state index contributed by atoms with van der Waals surface area (Å²) in [4.78, 5) is 30.7. The van der Waals surface area contributed by atoms with Crippen LogP contribution in [0.4, 0.5) is 5.69 Å². The molecule has 1 amide bonds. The lowest BCUT2D eigenvalue weighted by atomic mass is 10.1. The van der Waals surface area contributed by atoms with Gasteiger partial charge in [0, 0.05) is 24.4 Å². The standard InChI is InChI=1S/C18H18N2O4/c1-3-24-16-9-8-13(11-19-16)17(21)20-14-7-5-4-6-12(14)10-15(20)18(22)23-2/h4-9,11,15H,3,10H2,1-2H3. The molecule has 1 aromatic carbocycles. The van der Waals surface area contributed by atoms with E-state index in [1.807, 2.05) is 31.2 Å². The smallest absolute Gasteiger partial charge is 0.329 e. The van der Waals surface area contributed by atoms with Crippen LogP contribution in [-0.4, -0.2) is 36.6 Å². The Morgan fingerprint density at radius 2 is 2.04 bits per heavy atom. The van der Waals surface area contributed by atoms with Crippen LogP contribution in [0.3, 0.4) is 0 Å². The van der Waals surface area contributed by atoms with E-state index in [9.17, 15) is 9.59 Å². The van der Waals surface area contributed by atoms with E-state index in [0.29, 0.717) is 24.5 Å². The van der Waals surface area contributed by atoms with Gasteiger partial charge in [-0.05, 0) is 24.6 Å². The number of nitrogens with zero attached hydrogens (tertiary/aromatic N) is 2. The van der Waals surface area contributed by atoms with E-state index in [2.05, 4.69) is 4.98 Å². The predicted molar refractivity (Wildman–Crippen MR) is 88.2 cm³/mol. The van der Waals surface area contributed by atoms with Gasteiger partial charge in [-0.25, -0.2) is 9.78 Å². The maximum Gasteiger partial charge on any atom is 0.329 e. The van der Waals surface area contributed by atoms with Gasteiger partial charge in [-0.2, -0.15) is 0 Å². The molecule has 6 heteroatoms. The van der Waals surface area contributed by atoms with Crippen LogP contribution in [0.1, 0.15) is 22.8 Å². The zero-order valence-electron chi connectivity index (χ0n) is 13.6. The van der Waals surface area contributed by atoms with Crippen LogP contribution in [0, 0.1) is 0 Å². The zero-order valence-corrected chi connectivity index (χ0v) is 13.6. The maximum atomic E-state index is 12.9. The Kier molecular flexibility index (Phi) is 4.46. The maximum absolute atomic E-state index is 12.9. The Labute approximate surface area is 140 Å². The van der Waals surface area contributed by atoms with Gasteiger partial charge in [0.25, 0.3) is 5.91 Å². The molecule has 1 aromatic heterocycles. The highest BCUT2D eigenvalue weighted by Crippen LogP contribution is 2.33. The minimum absolute atomic E-state index is 0.286. The van der Waals surface area contributed by atoms with Crippen molar-refractivity contribution in [3.8, 4) is 5.88 Å². The molecule has 124 valence electrons. The van der Waals surface area contributed by atoms with Gasteiger partial charge in [0.2, 0.25) is 5.88 Å². The number of amides is 1. The largest absolute Gasteiger partial charge is 0.478 e. The summed E-state index contributed by atoms with van der Waals surface area (Å²) in [7, 11) is 1.33. The van der Waals surface area contributed by atoms with Gasteiger partial charge in [-0.15, -0.1) is 0 Å². The number of methoxy groups -OCH3 is 1. The van der Waals surface area contributed by atoms with E-state index in [-0.39, 0.29) is 5.91 Å². The SMILES string of the molecule is CCOc1ccc(C(=O)N2c3ccccc3CC2C(=O)OC)cn1. The minimum atomic E-state index is -0.661. The van der Waals surface area contributed by atoms with E-state index in [1.165, 1.54) is 18.2 Å². The second-order valence-electron chi connectivity index (χ2n) is 5.37. The number of esters is 1. The number of anilines is 1. The predicted octanol–water partition coefficient (Wildman–Crippen LogP) is 2.22. The molecule has 0 saturated heterocycles. The van der Waals surface area contributed by atoms with Crippen LogP contribution >= 0.6 is 0 Å². The van der Waals surface area contributed by atoms with Crippen LogP contribution in [-0.2, 0) is 16.0 Å². The molecule has 6 nitrogen and oxygen atoms in total. The fourth-order valence-corrected chi connectivity index (χ4v) is 2.84. The first-order chi connectivity index (χ1) is 11.7. The molecule has 2 heterocycles. The van der Waals surface area contributed by atoms with Crippen molar-refractivity contribution in [3.63, 3.8) is 0 Å². The van der Waals surface area contributed by atoms with Crippen molar-refractivity contribution in [2.75, 3.05) is 18.6 Å². The molecule has 24 heavy (non-hydrogen) atoms. The monoisotopic (exact) mass is 326 g/mol. The Hall–Kier alpha value is -2.89. The topological polar surface area (TPSA) is 68.7 Å². The van der Waals surface area contributed by atoms with Crippen LogP contribution in [0.15, 0.2) is 42.6 Å². The van der Waals surface area contributed by atoms with Gasteiger partial charge in [-0.1, -0.05) is 18.2 Å². The van der Waals surface area contributed by atoms with E-state index < -0.39 is 12.0 Å². The van der Waals surface area contributed by atoms with Crippen LogP contribution < -0.4 is 9.64 Å². The lowest BCUT2D eigenvalue weighted by Gasteiger charge is -2.23. The molecule has 0 N–H and O–H groups in total. The number of hydrogen-bond acceptors (Lipinski definition) is 5. The third-order valence-electron chi connectivity index (χ3n) is 3.94. The van der Waals surface area contributed by atoms with Crippen molar-refractivity contribution in [3.05, 3.63) is 53.7 Å². The number of carbonyl (C=O) groups excluding carboxylic acids is 2. The van der Waals surface area contributed by atoms with Gasteiger partial charge < -0.3 is 9.47 Å². The third-order valence-corrected chi connectivity index (χ3v) is 3.94. The molecule has 0 aliphatic carbocycles.